The molecule has 1 atom stereocenters. The zero-order chi connectivity index (χ0) is 23.4. The summed E-state index contributed by atoms with van der Waals surface area (Å²) in [4.78, 5) is 19.1. The second kappa shape index (κ2) is 7.84. The van der Waals surface area contributed by atoms with E-state index < -0.39 is 0 Å². The third-order valence-corrected chi connectivity index (χ3v) is 6.84. The fraction of sp³-hybridized carbons (Fsp3) is 0.179. The van der Waals surface area contributed by atoms with E-state index in [1.54, 1.807) is 6.08 Å². The molecule has 0 aliphatic carbocycles. The Morgan fingerprint density at radius 2 is 1.63 bits per heavy atom. The molecule has 0 saturated carbocycles. The molecule has 174 valence electrons. The Morgan fingerprint density at radius 3 is 2.49 bits per heavy atom. The number of aromatic amines is 1. The minimum Gasteiger partial charge on any atom is -0.454 e. The SMILES string of the molecule is O=C(/C=C/c1ccc2c(c1)OCO2)N1CCc2c([nH]c3ccccc23)C1c1ccc2c(c1)OCO2. The van der Waals surface area contributed by atoms with Gasteiger partial charge in [-0.3, -0.25) is 4.79 Å². The van der Waals surface area contributed by atoms with E-state index in [-0.39, 0.29) is 25.5 Å². The lowest BCUT2D eigenvalue weighted by Gasteiger charge is -2.35. The normalized spacial score (nSPS) is 17.8. The number of hydrogen-bond donors (Lipinski definition) is 1. The van der Waals surface area contributed by atoms with Gasteiger partial charge in [0.15, 0.2) is 23.0 Å². The predicted octanol–water partition coefficient (Wildman–Crippen LogP) is 4.81. The summed E-state index contributed by atoms with van der Waals surface area (Å²) in [5.74, 6) is 2.78. The van der Waals surface area contributed by atoms with Gasteiger partial charge < -0.3 is 28.8 Å². The maximum atomic E-state index is 13.6. The van der Waals surface area contributed by atoms with Gasteiger partial charge in [0.1, 0.15) is 0 Å². The van der Waals surface area contributed by atoms with Crippen LogP contribution in [0.5, 0.6) is 23.0 Å². The molecule has 3 aromatic carbocycles. The first-order valence-corrected chi connectivity index (χ1v) is 11.6. The lowest BCUT2D eigenvalue weighted by Crippen LogP contribution is -2.39. The monoisotopic (exact) mass is 466 g/mol. The van der Waals surface area contributed by atoms with Crippen LogP contribution in [-0.4, -0.2) is 35.9 Å². The molecule has 35 heavy (non-hydrogen) atoms. The van der Waals surface area contributed by atoms with Crippen molar-refractivity contribution in [3.63, 3.8) is 0 Å². The van der Waals surface area contributed by atoms with Crippen molar-refractivity contribution in [1.29, 1.82) is 0 Å². The van der Waals surface area contributed by atoms with Crippen LogP contribution < -0.4 is 18.9 Å². The summed E-state index contributed by atoms with van der Waals surface area (Å²) in [6.07, 6.45) is 4.23. The first-order valence-electron chi connectivity index (χ1n) is 11.6. The highest BCUT2D eigenvalue weighted by atomic mass is 16.7. The summed E-state index contributed by atoms with van der Waals surface area (Å²) in [5.41, 5.74) is 5.23. The molecule has 7 nitrogen and oxygen atoms in total. The minimum atomic E-state index is -0.269. The number of carbonyl (C=O) groups is 1. The van der Waals surface area contributed by atoms with Crippen LogP contribution in [0.4, 0.5) is 0 Å². The number of nitrogens with one attached hydrogen (secondary N) is 1. The van der Waals surface area contributed by atoms with Crippen LogP contribution in [0.3, 0.4) is 0 Å². The van der Waals surface area contributed by atoms with E-state index in [4.69, 9.17) is 18.9 Å². The molecular formula is C28H22N2O5. The first kappa shape index (κ1) is 20.0. The van der Waals surface area contributed by atoms with Crippen molar-refractivity contribution in [2.75, 3.05) is 20.1 Å². The third-order valence-electron chi connectivity index (χ3n) is 6.84. The lowest BCUT2D eigenvalue weighted by molar-refractivity contribution is -0.128. The molecule has 1 aromatic heterocycles. The molecule has 4 heterocycles. The molecule has 4 aromatic rings. The van der Waals surface area contributed by atoms with E-state index >= 15 is 0 Å². The van der Waals surface area contributed by atoms with Crippen LogP contribution in [0.25, 0.3) is 17.0 Å². The highest BCUT2D eigenvalue weighted by Crippen LogP contribution is 2.42. The van der Waals surface area contributed by atoms with E-state index in [0.717, 1.165) is 40.3 Å². The van der Waals surface area contributed by atoms with Crippen molar-refractivity contribution in [2.45, 2.75) is 12.5 Å². The molecule has 0 spiro atoms. The van der Waals surface area contributed by atoms with Crippen molar-refractivity contribution < 1.29 is 23.7 Å². The van der Waals surface area contributed by atoms with E-state index in [1.165, 1.54) is 10.9 Å². The molecular weight excluding hydrogens is 444 g/mol. The topological polar surface area (TPSA) is 73.0 Å². The highest BCUT2D eigenvalue weighted by molar-refractivity contribution is 5.93. The first-order chi connectivity index (χ1) is 17.2. The number of carbonyl (C=O) groups excluding carboxylic acids is 1. The zero-order valence-electron chi connectivity index (χ0n) is 18.8. The second-order valence-electron chi connectivity index (χ2n) is 8.81. The van der Waals surface area contributed by atoms with E-state index in [2.05, 4.69) is 23.2 Å². The Balaban J connectivity index is 1.27. The number of fused-ring (bicyclic) bond motifs is 5. The van der Waals surface area contributed by atoms with Gasteiger partial charge in [-0.2, -0.15) is 0 Å². The molecule has 0 bridgehead atoms. The Hall–Kier alpha value is -4.39. The minimum absolute atomic E-state index is 0.0605. The van der Waals surface area contributed by atoms with Crippen LogP contribution in [-0.2, 0) is 11.2 Å². The molecule has 7 rings (SSSR count). The number of hydrogen-bond acceptors (Lipinski definition) is 5. The summed E-state index contributed by atoms with van der Waals surface area (Å²) in [5, 5.41) is 1.20. The van der Waals surface area contributed by atoms with Crippen molar-refractivity contribution in [3.05, 3.63) is 89.1 Å². The maximum absolute atomic E-state index is 13.6. The number of aromatic nitrogens is 1. The van der Waals surface area contributed by atoms with E-state index in [1.807, 2.05) is 53.4 Å². The summed E-state index contributed by atoms with van der Waals surface area (Å²) < 4.78 is 22.0. The molecule has 0 radical (unpaired) electrons. The quantitative estimate of drug-likeness (QED) is 0.439. The molecule has 3 aliphatic rings. The van der Waals surface area contributed by atoms with Gasteiger partial charge in [0.05, 0.1) is 6.04 Å². The summed E-state index contributed by atoms with van der Waals surface area (Å²) in [6, 6.07) is 19.6. The van der Waals surface area contributed by atoms with Crippen molar-refractivity contribution in [1.82, 2.24) is 9.88 Å². The van der Waals surface area contributed by atoms with Gasteiger partial charge in [0.2, 0.25) is 19.5 Å². The Kier molecular flexibility index (Phi) is 4.48. The molecule has 0 saturated heterocycles. The Labute approximate surface area is 201 Å². The van der Waals surface area contributed by atoms with Crippen molar-refractivity contribution >= 4 is 22.9 Å². The number of para-hydroxylation sites is 1. The molecule has 0 fully saturated rings. The summed E-state index contributed by atoms with van der Waals surface area (Å²) in [7, 11) is 0. The van der Waals surface area contributed by atoms with E-state index in [9.17, 15) is 4.79 Å². The van der Waals surface area contributed by atoms with Crippen LogP contribution in [0.2, 0.25) is 0 Å². The van der Waals surface area contributed by atoms with Gasteiger partial charge >= 0.3 is 0 Å². The van der Waals surface area contributed by atoms with Crippen molar-refractivity contribution in [3.8, 4) is 23.0 Å². The molecule has 1 N–H and O–H groups in total. The lowest BCUT2D eigenvalue weighted by atomic mass is 9.92. The molecule has 1 amide bonds. The van der Waals surface area contributed by atoms with Crippen LogP contribution in [0.15, 0.2) is 66.7 Å². The Bertz CT molecular complexity index is 1500. The number of benzene rings is 3. The maximum Gasteiger partial charge on any atom is 0.247 e. The van der Waals surface area contributed by atoms with Gasteiger partial charge in [-0.15, -0.1) is 0 Å². The van der Waals surface area contributed by atoms with Crippen molar-refractivity contribution in [2.24, 2.45) is 0 Å². The number of H-pyrrole nitrogens is 1. The van der Waals surface area contributed by atoms with Gasteiger partial charge in [0, 0.05) is 29.2 Å². The van der Waals surface area contributed by atoms with Crippen LogP contribution in [0, 0.1) is 0 Å². The van der Waals surface area contributed by atoms with Gasteiger partial charge in [-0.05, 0) is 59.5 Å². The van der Waals surface area contributed by atoms with Gasteiger partial charge in [-0.1, -0.05) is 30.3 Å². The van der Waals surface area contributed by atoms with E-state index in [0.29, 0.717) is 18.0 Å². The van der Waals surface area contributed by atoms with Crippen LogP contribution in [0.1, 0.15) is 28.4 Å². The number of ether oxygens (including phenoxy) is 4. The van der Waals surface area contributed by atoms with Gasteiger partial charge in [-0.25, -0.2) is 0 Å². The summed E-state index contributed by atoms with van der Waals surface area (Å²) in [6.45, 7) is 1.04. The summed E-state index contributed by atoms with van der Waals surface area (Å²) >= 11 is 0. The fourth-order valence-corrected chi connectivity index (χ4v) is 5.19. The zero-order valence-corrected chi connectivity index (χ0v) is 18.8. The second-order valence-corrected chi connectivity index (χ2v) is 8.81. The predicted molar refractivity (Wildman–Crippen MR) is 130 cm³/mol. The van der Waals surface area contributed by atoms with Gasteiger partial charge in [0.25, 0.3) is 0 Å². The fourth-order valence-electron chi connectivity index (χ4n) is 5.19. The number of amides is 1. The number of nitrogens with zero attached hydrogens (tertiary/aromatic N) is 1. The Morgan fingerprint density at radius 1 is 0.886 bits per heavy atom. The molecule has 1 unspecified atom stereocenters. The van der Waals surface area contributed by atoms with Crippen LogP contribution >= 0.6 is 0 Å². The third kappa shape index (κ3) is 3.31. The highest BCUT2D eigenvalue weighted by Gasteiger charge is 2.34. The molecule has 7 heteroatoms. The number of rotatable bonds is 3. The average Bonchev–Trinajstić information content (AvgIpc) is 3.63. The average molecular weight is 466 g/mol. The smallest absolute Gasteiger partial charge is 0.247 e. The molecule has 3 aliphatic heterocycles. The largest absolute Gasteiger partial charge is 0.454 e. The standard InChI is InChI=1S/C28H22N2O5/c31-26(10-6-17-5-8-22-24(13-17)34-15-32-22)30-12-11-20-19-3-1-2-4-21(19)29-27(20)28(30)18-7-9-23-25(14-18)35-16-33-23/h1-10,13-14,28-29H,11-12,15-16H2/b10-6+.